The first kappa shape index (κ1) is 31.6. The van der Waals surface area contributed by atoms with E-state index in [0.29, 0.717) is 29.6 Å². The highest BCUT2D eigenvalue weighted by Gasteiger charge is 2.55. The van der Waals surface area contributed by atoms with Crippen LogP contribution in [0.4, 0.5) is 10.1 Å². The van der Waals surface area contributed by atoms with Crippen molar-refractivity contribution in [2.24, 2.45) is 17.8 Å². The molecule has 0 aromatic heterocycles. The van der Waals surface area contributed by atoms with Gasteiger partial charge in [0.1, 0.15) is 0 Å². The van der Waals surface area contributed by atoms with Crippen molar-refractivity contribution in [1.29, 1.82) is 0 Å². The van der Waals surface area contributed by atoms with Crippen LogP contribution < -0.4 is 10.4 Å². The van der Waals surface area contributed by atoms with Gasteiger partial charge in [-0.2, -0.15) is 0 Å². The number of aromatic hydroxyl groups is 1. The van der Waals surface area contributed by atoms with Crippen LogP contribution in [0.5, 0.6) is 5.75 Å². The second-order valence-electron chi connectivity index (χ2n) is 10.9. The smallest absolute Gasteiger partial charge is 0.488 e. The Labute approximate surface area is 244 Å². The van der Waals surface area contributed by atoms with E-state index in [4.69, 9.17) is 4.74 Å². The maximum absolute atomic E-state index is 13.9. The molecule has 4 rings (SSSR count). The van der Waals surface area contributed by atoms with Gasteiger partial charge in [-0.1, -0.05) is 43.2 Å². The summed E-state index contributed by atoms with van der Waals surface area (Å²) >= 11 is 0. The molecule has 1 saturated heterocycles. The highest BCUT2D eigenvalue weighted by atomic mass is 19.1. The Morgan fingerprint density at radius 1 is 1.17 bits per heavy atom. The molecule has 0 spiro atoms. The number of anilines is 1. The molecule has 2 amide bonds. The normalized spacial score (nSPS) is 21.6. The van der Waals surface area contributed by atoms with Crippen LogP contribution in [0.15, 0.2) is 59.2 Å². The Balaban J connectivity index is 1.61. The van der Waals surface area contributed by atoms with Crippen LogP contribution >= 0.6 is 0 Å². The number of aliphatic hydroxyl groups excluding tert-OH is 2. The first-order valence-corrected chi connectivity index (χ1v) is 14.1. The lowest BCUT2D eigenvalue weighted by Crippen LogP contribution is -2.40. The highest BCUT2D eigenvalue weighted by molar-refractivity contribution is 6.58. The molecule has 2 aromatic rings. The Bertz CT molecular complexity index is 1380. The zero-order valence-corrected chi connectivity index (χ0v) is 23.7. The minimum absolute atomic E-state index is 0.115. The van der Waals surface area contributed by atoms with Gasteiger partial charge in [0, 0.05) is 13.0 Å². The van der Waals surface area contributed by atoms with Gasteiger partial charge >= 0.3 is 7.12 Å². The van der Waals surface area contributed by atoms with Crippen LogP contribution in [0, 0.1) is 23.6 Å². The molecule has 2 aliphatic rings. The van der Waals surface area contributed by atoms with Crippen LogP contribution in [0.25, 0.3) is 6.08 Å². The standard InChI is InChI=1S/C31H37BFNO8/c1-3-5-18(12-19-9-10-26(36)25(33)13-19)8-11-27(37)28-20(17-42-2)14-23-29(24(28)16-35)31(39)34(30(23)38)22-7-4-6-21(15-22)32(40)41/h4,6-7,9-10,12-13,15,23-24,27,29,35-37,40-41H,3,5,8,11,14,16-17H2,1-2H3/b18-12+/t23-,24+,27-,29-/m1/s1. The van der Waals surface area contributed by atoms with Gasteiger partial charge in [0.05, 0.1) is 36.8 Å². The monoisotopic (exact) mass is 581 g/mol. The summed E-state index contributed by atoms with van der Waals surface area (Å²) in [6.07, 6.45) is 3.23. The number of benzene rings is 2. The average molecular weight is 581 g/mol. The zero-order valence-electron chi connectivity index (χ0n) is 23.7. The molecule has 0 saturated carbocycles. The van der Waals surface area contributed by atoms with Crippen molar-refractivity contribution in [1.82, 2.24) is 0 Å². The SMILES string of the molecule is CCC/C(=C\c1ccc(O)c(F)c1)CC[C@@H](O)C1=C(COC)C[C@H]2C(=O)N(c3cccc(B(O)O)c3)C(=O)[C@H]2[C@H]1CO. The predicted molar refractivity (Wildman–Crippen MR) is 156 cm³/mol. The average Bonchev–Trinajstić information content (AvgIpc) is 3.22. The van der Waals surface area contributed by atoms with Crippen molar-refractivity contribution in [2.45, 2.75) is 45.1 Å². The Morgan fingerprint density at radius 3 is 2.57 bits per heavy atom. The molecule has 4 atom stereocenters. The molecule has 2 aromatic carbocycles. The van der Waals surface area contributed by atoms with Crippen molar-refractivity contribution >= 4 is 36.2 Å². The fraction of sp³-hybridized carbons (Fsp3) is 0.419. The minimum Gasteiger partial charge on any atom is -0.505 e. The summed E-state index contributed by atoms with van der Waals surface area (Å²) in [4.78, 5) is 28.3. The number of amides is 2. The van der Waals surface area contributed by atoms with E-state index in [1.807, 2.05) is 13.0 Å². The van der Waals surface area contributed by atoms with Crippen LogP contribution in [0.1, 0.15) is 44.6 Å². The summed E-state index contributed by atoms with van der Waals surface area (Å²) in [6, 6.07) is 10.0. The number of rotatable bonds is 12. The van der Waals surface area contributed by atoms with Crippen molar-refractivity contribution in [3.8, 4) is 5.75 Å². The molecule has 1 fully saturated rings. The topological polar surface area (TPSA) is 148 Å². The Hall–Kier alpha value is -3.35. The van der Waals surface area contributed by atoms with E-state index in [9.17, 15) is 39.3 Å². The van der Waals surface area contributed by atoms with E-state index in [0.717, 1.165) is 16.9 Å². The molecule has 0 radical (unpaired) electrons. The van der Waals surface area contributed by atoms with Gasteiger partial charge in [0.25, 0.3) is 0 Å². The molecule has 1 aliphatic carbocycles. The number of aliphatic hydroxyl groups is 2. The summed E-state index contributed by atoms with van der Waals surface area (Å²) < 4.78 is 19.3. The fourth-order valence-electron chi connectivity index (χ4n) is 6.26. The van der Waals surface area contributed by atoms with Gasteiger partial charge in [0.2, 0.25) is 11.8 Å². The van der Waals surface area contributed by atoms with Gasteiger partial charge in [-0.15, -0.1) is 0 Å². The number of hydrogen-bond donors (Lipinski definition) is 5. The number of allylic oxidation sites excluding steroid dienone is 1. The van der Waals surface area contributed by atoms with Gasteiger partial charge < -0.3 is 30.1 Å². The van der Waals surface area contributed by atoms with E-state index in [1.54, 1.807) is 6.07 Å². The molecule has 224 valence electrons. The third-order valence-corrected chi connectivity index (χ3v) is 8.14. The summed E-state index contributed by atoms with van der Waals surface area (Å²) in [5.74, 6) is -4.61. The molecule has 1 aliphatic heterocycles. The summed E-state index contributed by atoms with van der Waals surface area (Å²) in [6.45, 7) is 1.66. The van der Waals surface area contributed by atoms with Gasteiger partial charge in [-0.3, -0.25) is 14.5 Å². The van der Waals surface area contributed by atoms with Crippen LogP contribution in [0.2, 0.25) is 0 Å². The second kappa shape index (κ2) is 13.8. The Morgan fingerprint density at radius 2 is 1.93 bits per heavy atom. The number of carbonyl (C=O) groups excluding carboxylic acids is 2. The van der Waals surface area contributed by atoms with Crippen molar-refractivity contribution in [2.75, 3.05) is 25.2 Å². The number of hydrogen-bond acceptors (Lipinski definition) is 8. The summed E-state index contributed by atoms with van der Waals surface area (Å²) in [5, 5.41) is 50.7. The highest BCUT2D eigenvalue weighted by Crippen LogP contribution is 2.47. The molecule has 5 N–H and O–H groups in total. The van der Waals surface area contributed by atoms with E-state index in [2.05, 4.69) is 0 Å². The number of phenols is 1. The van der Waals surface area contributed by atoms with E-state index in [-0.39, 0.29) is 30.6 Å². The van der Waals surface area contributed by atoms with Gasteiger partial charge in [-0.25, -0.2) is 4.39 Å². The Kier molecular flexibility index (Phi) is 10.3. The van der Waals surface area contributed by atoms with E-state index >= 15 is 0 Å². The lowest BCUT2D eigenvalue weighted by atomic mass is 9.68. The van der Waals surface area contributed by atoms with Gasteiger partial charge in [-0.05, 0) is 72.1 Å². The minimum atomic E-state index is -1.78. The quantitative estimate of drug-likeness (QED) is 0.146. The van der Waals surface area contributed by atoms with E-state index < -0.39 is 61.0 Å². The number of phenolic OH excluding ortho intramolecular Hbond substituents is 1. The van der Waals surface area contributed by atoms with Crippen molar-refractivity contribution in [3.63, 3.8) is 0 Å². The number of ether oxygens (including phenoxy) is 1. The molecule has 9 nitrogen and oxygen atoms in total. The molecule has 11 heteroatoms. The number of carbonyl (C=O) groups is 2. The number of imide groups is 1. The lowest BCUT2D eigenvalue weighted by molar-refractivity contribution is -0.123. The molecule has 42 heavy (non-hydrogen) atoms. The number of methoxy groups -OCH3 is 1. The first-order chi connectivity index (χ1) is 20.1. The zero-order chi connectivity index (χ0) is 30.6. The predicted octanol–water partition coefficient (Wildman–Crippen LogP) is 2.30. The lowest BCUT2D eigenvalue weighted by Gasteiger charge is -2.36. The molecule has 1 heterocycles. The van der Waals surface area contributed by atoms with Crippen molar-refractivity contribution in [3.05, 3.63) is 70.6 Å². The van der Waals surface area contributed by atoms with Crippen LogP contribution in [-0.2, 0) is 14.3 Å². The molecular formula is C31H37BFNO8. The second-order valence-corrected chi connectivity index (χ2v) is 10.9. The van der Waals surface area contributed by atoms with Crippen molar-refractivity contribution < 1.29 is 44.1 Å². The molecule has 0 unspecified atom stereocenters. The first-order valence-electron chi connectivity index (χ1n) is 14.1. The maximum atomic E-state index is 13.9. The molecule has 0 bridgehead atoms. The van der Waals surface area contributed by atoms with Gasteiger partial charge in [0.15, 0.2) is 11.6 Å². The number of halogens is 1. The van der Waals surface area contributed by atoms with Crippen LogP contribution in [0.3, 0.4) is 0 Å². The fourth-order valence-corrected chi connectivity index (χ4v) is 6.26. The van der Waals surface area contributed by atoms with Crippen LogP contribution in [-0.4, -0.2) is 70.7 Å². The summed E-state index contributed by atoms with van der Waals surface area (Å²) in [7, 11) is -0.281. The third kappa shape index (κ3) is 6.50. The number of fused-ring (bicyclic) bond motifs is 1. The third-order valence-electron chi connectivity index (χ3n) is 8.14. The maximum Gasteiger partial charge on any atom is 0.488 e. The van der Waals surface area contributed by atoms with E-state index in [1.165, 1.54) is 43.5 Å². The largest absolute Gasteiger partial charge is 0.505 e. The number of nitrogens with zero attached hydrogens (tertiary/aromatic N) is 1. The summed E-state index contributed by atoms with van der Waals surface area (Å²) in [5.41, 5.74) is 3.04. The molecular weight excluding hydrogens is 544 g/mol.